The van der Waals surface area contributed by atoms with Crippen molar-refractivity contribution in [2.45, 2.75) is 39.7 Å². The predicted octanol–water partition coefficient (Wildman–Crippen LogP) is 2.99. The summed E-state index contributed by atoms with van der Waals surface area (Å²) in [6.07, 6.45) is 4.00. The first-order valence-electron chi connectivity index (χ1n) is 8.74. The molecule has 2 aromatic heterocycles. The Kier molecular flexibility index (Phi) is 5.08. The molecule has 0 aliphatic carbocycles. The number of likely N-dealkylation sites (tertiary alicyclic amines) is 1. The van der Waals surface area contributed by atoms with Crippen LogP contribution in [-0.4, -0.2) is 41.2 Å². The molecule has 1 aliphatic rings. The first kappa shape index (κ1) is 17.5. The van der Waals surface area contributed by atoms with E-state index in [9.17, 15) is 9.59 Å². The molecular weight excluding hydrogens is 318 g/mol. The summed E-state index contributed by atoms with van der Waals surface area (Å²) in [7, 11) is 0. The molecular formula is C19H25N3O3. The fourth-order valence-electron chi connectivity index (χ4n) is 3.73. The van der Waals surface area contributed by atoms with Crippen molar-refractivity contribution in [1.29, 1.82) is 0 Å². The van der Waals surface area contributed by atoms with Gasteiger partial charge in [-0.25, -0.2) is 0 Å². The van der Waals surface area contributed by atoms with Crippen LogP contribution in [0, 0.1) is 13.8 Å². The Morgan fingerprint density at radius 1 is 1.32 bits per heavy atom. The van der Waals surface area contributed by atoms with Crippen LogP contribution in [-0.2, 0) is 0 Å². The molecule has 6 nitrogen and oxygen atoms in total. The van der Waals surface area contributed by atoms with Crippen molar-refractivity contribution in [3.63, 3.8) is 0 Å². The molecule has 1 amide bonds. The minimum Gasteiger partial charge on any atom is -0.468 e. The Morgan fingerprint density at radius 3 is 2.60 bits per heavy atom. The van der Waals surface area contributed by atoms with Gasteiger partial charge in [-0.3, -0.25) is 14.5 Å². The van der Waals surface area contributed by atoms with E-state index >= 15 is 0 Å². The van der Waals surface area contributed by atoms with Gasteiger partial charge in [-0.2, -0.15) is 0 Å². The molecule has 0 radical (unpaired) electrons. The van der Waals surface area contributed by atoms with Crippen LogP contribution in [0.15, 0.2) is 22.8 Å². The number of ketones is 1. The average molecular weight is 343 g/mol. The number of nitrogens with one attached hydrogen (secondary N) is 2. The van der Waals surface area contributed by atoms with Crippen LogP contribution in [0.1, 0.15) is 63.7 Å². The lowest BCUT2D eigenvalue weighted by atomic mass is 10.1. The molecule has 134 valence electrons. The van der Waals surface area contributed by atoms with Crippen LogP contribution in [0.2, 0.25) is 0 Å². The first-order valence-corrected chi connectivity index (χ1v) is 8.74. The predicted molar refractivity (Wildman–Crippen MR) is 94.9 cm³/mol. The number of aryl methyl sites for hydroxylation is 1. The second-order valence-electron chi connectivity index (χ2n) is 6.67. The number of Topliss-reactive ketones (excluding diaryl/α,β-unsaturated/α-hetero) is 1. The Bertz CT molecular complexity index is 755. The minimum atomic E-state index is -0.191. The summed E-state index contributed by atoms with van der Waals surface area (Å²) >= 11 is 0. The standard InChI is InChI=1S/C19H25N3O3/c1-12-17(14(3)23)13(2)21-18(12)19(24)20-11-15(16-7-6-10-25-16)22-8-4-5-9-22/h6-7,10,15,21H,4-5,8-9,11H2,1-3H3,(H,20,24). The van der Waals surface area contributed by atoms with Crippen molar-refractivity contribution >= 4 is 11.7 Å². The van der Waals surface area contributed by atoms with Crippen LogP contribution in [0.5, 0.6) is 0 Å². The van der Waals surface area contributed by atoms with Crippen molar-refractivity contribution in [3.05, 3.63) is 46.7 Å². The number of hydrogen-bond acceptors (Lipinski definition) is 4. The monoisotopic (exact) mass is 343 g/mol. The van der Waals surface area contributed by atoms with E-state index < -0.39 is 0 Å². The van der Waals surface area contributed by atoms with Gasteiger partial charge in [0.25, 0.3) is 5.91 Å². The second-order valence-corrected chi connectivity index (χ2v) is 6.67. The van der Waals surface area contributed by atoms with Gasteiger partial charge in [0, 0.05) is 17.8 Å². The van der Waals surface area contributed by atoms with Gasteiger partial charge in [-0.1, -0.05) is 0 Å². The third-order valence-corrected chi connectivity index (χ3v) is 4.93. The summed E-state index contributed by atoms with van der Waals surface area (Å²) in [5.41, 5.74) is 2.50. The smallest absolute Gasteiger partial charge is 0.268 e. The van der Waals surface area contributed by atoms with Crippen molar-refractivity contribution in [3.8, 4) is 0 Å². The Balaban J connectivity index is 1.74. The van der Waals surface area contributed by atoms with E-state index in [2.05, 4.69) is 15.2 Å². The Hall–Kier alpha value is -2.34. The van der Waals surface area contributed by atoms with Crippen molar-refractivity contribution < 1.29 is 14.0 Å². The summed E-state index contributed by atoms with van der Waals surface area (Å²) in [5, 5.41) is 3.00. The molecule has 2 N–H and O–H groups in total. The van der Waals surface area contributed by atoms with Crippen LogP contribution < -0.4 is 5.32 Å². The zero-order valence-corrected chi connectivity index (χ0v) is 15.0. The quantitative estimate of drug-likeness (QED) is 0.791. The highest BCUT2D eigenvalue weighted by Crippen LogP contribution is 2.25. The number of carbonyl (C=O) groups excluding carboxylic acids is 2. The zero-order chi connectivity index (χ0) is 18.0. The number of furan rings is 1. The van der Waals surface area contributed by atoms with Gasteiger partial charge in [0.1, 0.15) is 11.5 Å². The molecule has 25 heavy (non-hydrogen) atoms. The third kappa shape index (κ3) is 3.54. The van der Waals surface area contributed by atoms with Crippen LogP contribution in [0.3, 0.4) is 0 Å². The lowest BCUT2D eigenvalue weighted by molar-refractivity contribution is 0.0928. The molecule has 3 rings (SSSR count). The summed E-state index contributed by atoms with van der Waals surface area (Å²) in [4.78, 5) is 29.8. The summed E-state index contributed by atoms with van der Waals surface area (Å²) in [6, 6.07) is 3.86. The molecule has 1 aliphatic heterocycles. The van der Waals surface area contributed by atoms with E-state index in [1.807, 2.05) is 19.1 Å². The van der Waals surface area contributed by atoms with Gasteiger partial charge >= 0.3 is 0 Å². The minimum absolute atomic E-state index is 0.0316. The Morgan fingerprint density at radius 2 is 2.04 bits per heavy atom. The van der Waals surface area contributed by atoms with E-state index in [0.29, 0.717) is 23.4 Å². The summed E-state index contributed by atoms with van der Waals surface area (Å²) in [6.45, 7) is 7.63. The normalized spacial score (nSPS) is 16.1. The van der Waals surface area contributed by atoms with Gasteiger partial charge in [0.05, 0.1) is 12.3 Å². The second kappa shape index (κ2) is 7.27. The highest BCUT2D eigenvalue weighted by molar-refractivity contribution is 6.02. The van der Waals surface area contributed by atoms with Gasteiger partial charge in [0.2, 0.25) is 0 Å². The number of aromatic nitrogens is 1. The molecule has 0 spiro atoms. The first-order chi connectivity index (χ1) is 12.0. The zero-order valence-electron chi connectivity index (χ0n) is 15.0. The number of H-pyrrole nitrogens is 1. The molecule has 0 aromatic carbocycles. The molecule has 0 bridgehead atoms. The molecule has 3 heterocycles. The lowest BCUT2D eigenvalue weighted by Gasteiger charge is -2.25. The van der Waals surface area contributed by atoms with Crippen molar-refractivity contribution in [1.82, 2.24) is 15.2 Å². The molecule has 1 saturated heterocycles. The van der Waals surface area contributed by atoms with E-state index in [0.717, 1.165) is 24.5 Å². The van der Waals surface area contributed by atoms with Gasteiger partial charge in [-0.05, 0) is 64.4 Å². The topological polar surface area (TPSA) is 78.3 Å². The van der Waals surface area contributed by atoms with Gasteiger partial charge < -0.3 is 14.7 Å². The lowest BCUT2D eigenvalue weighted by Crippen LogP contribution is -2.37. The van der Waals surface area contributed by atoms with E-state index in [-0.39, 0.29) is 17.7 Å². The maximum Gasteiger partial charge on any atom is 0.268 e. The fourth-order valence-corrected chi connectivity index (χ4v) is 3.73. The number of rotatable bonds is 6. The Labute approximate surface area is 147 Å². The number of carbonyl (C=O) groups is 2. The maximum atomic E-state index is 12.6. The summed E-state index contributed by atoms with van der Waals surface area (Å²) in [5.74, 6) is 0.644. The third-order valence-electron chi connectivity index (χ3n) is 4.93. The number of hydrogen-bond donors (Lipinski definition) is 2. The average Bonchev–Trinajstić information content (AvgIpc) is 3.29. The van der Waals surface area contributed by atoms with Crippen LogP contribution in [0.4, 0.5) is 0 Å². The van der Waals surface area contributed by atoms with Gasteiger partial charge in [-0.15, -0.1) is 0 Å². The van der Waals surface area contributed by atoms with Crippen molar-refractivity contribution in [2.24, 2.45) is 0 Å². The van der Waals surface area contributed by atoms with Crippen LogP contribution in [0.25, 0.3) is 0 Å². The maximum absolute atomic E-state index is 12.6. The van der Waals surface area contributed by atoms with Crippen molar-refractivity contribution in [2.75, 3.05) is 19.6 Å². The molecule has 1 atom stereocenters. The SMILES string of the molecule is CC(=O)c1c(C)[nH]c(C(=O)NCC(c2ccco2)N2CCCC2)c1C. The molecule has 1 fully saturated rings. The number of nitrogens with zero attached hydrogens (tertiary/aromatic N) is 1. The molecule has 0 saturated carbocycles. The largest absolute Gasteiger partial charge is 0.468 e. The molecule has 1 unspecified atom stereocenters. The highest BCUT2D eigenvalue weighted by atomic mass is 16.3. The number of aromatic amines is 1. The fraction of sp³-hybridized carbons (Fsp3) is 0.474. The molecule has 6 heteroatoms. The highest BCUT2D eigenvalue weighted by Gasteiger charge is 2.27. The van der Waals surface area contributed by atoms with E-state index in [1.165, 1.54) is 19.8 Å². The van der Waals surface area contributed by atoms with Crippen LogP contribution >= 0.6 is 0 Å². The van der Waals surface area contributed by atoms with E-state index in [1.54, 1.807) is 13.2 Å². The van der Waals surface area contributed by atoms with Gasteiger partial charge in [0.15, 0.2) is 5.78 Å². The molecule has 2 aromatic rings. The summed E-state index contributed by atoms with van der Waals surface area (Å²) < 4.78 is 5.58. The van der Waals surface area contributed by atoms with E-state index in [4.69, 9.17) is 4.42 Å². The number of amides is 1.